The van der Waals surface area contributed by atoms with Gasteiger partial charge in [0.05, 0.1) is 10.9 Å². The minimum Gasteiger partial charge on any atom is -0.372 e. The predicted molar refractivity (Wildman–Crippen MR) is 171 cm³/mol. The highest BCUT2D eigenvalue weighted by atomic mass is 19.1. The van der Waals surface area contributed by atoms with Crippen LogP contribution >= 0.6 is 0 Å². The number of ether oxygens (including phenoxy) is 3. The zero-order chi connectivity index (χ0) is 29.9. The molecule has 6 nitrogen and oxygen atoms in total. The minimum absolute atomic E-state index is 0.130. The third-order valence-corrected chi connectivity index (χ3v) is 9.83. The number of hydrogen-bond donors (Lipinski definition) is 0. The highest BCUT2D eigenvalue weighted by Crippen LogP contribution is 2.42. The van der Waals surface area contributed by atoms with E-state index in [-0.39, 0.29) is 18.5 Å². The van der Waals surface area contributed by atoms with Crippen molar-refractivity contribution >= 4 is 22.2 Å². The first-order valence-corrected chi connectivity index (χ1v) is 16.4. The van der Waals surface area contributed by atoms with Crippen molar-refractivity contribution in [2.45, 2.75) is 90.6 Å². The van der Waals surface area contributed by atoms with Crippen molar-refractivity contribution in [1.82, 2.24) is 9.78 Å². The molecule has 232 valence electrons. The van der Waals surface area contributed by atoms with Crippen LogP contribution in [0.2, 0.25) is 0 Å². The second kappa shape index (κ2) is 13.5. The molecule has 2 fully saturated rings. The van der Waals surface area contributed by atoms with E-state index in [9.17, 15) is 0 Å². The SMILES string of the molecule is COC(OC)C1CCN(c2ccc(C3=C(CCC(C)C)CCCc4c3ccc3c4c(F)nn3C3CCCCO3)cc2)CC1. The number of allylic oxidation sites excluding steroid dienone is 1. The van der Waals surface area contributed by atoms with Crippen molar-refractivity contribution in [2.24, 2.45) is 11.8 Å². The van der Waals surface area contributed by atoms with Crippen molar-refractivity contribution in [3.05, 3.63) is 64.6 Å². The van der Waals surface area contributed by atoms with E-state index in [2.05, 4.69) is 60.2 Å². The Morgan fingerprint density at radius 3 is 2.40 bits per heavy atom. The monoisotopic (exact) mass is 589 g/mol. The molecule has 43 heavy (non-hydrogen) atoms. The fourth-order valence-electron chi connectivity index (χ4n) is 7.50. The van der Waals surface area contributed by atoms with E-state index in [4.69, 9.17) is 14.2 Å². The van der Waals surface area contributed by atoms with Crippen molar-refractivity contribution in [2.75, 3.05) is 38.8 Å². The van der Waals surface area contributed by atoms with Crippen LogP contribution in [0, 0.1) is 17.8 Å². The van der Waals surface area contributed by atoms with Gasteiger partial charge < -0.3 is 19.1 Å². The van der Waals surface area contributed by atoms with Gasteiger partial charge in [-0.1, -0.05) is 37.6 Å². The van der Waals surface area contributed by atoms with Gasteiger partial charge in [0, 0.05) is 45.5 Å². The van der Waals surface area contributed by atoms with E-state index in [0.29, 0.717) is 23.8 Å². The Hall–Kier alpha value is -2.74. The molecular formula is C36H48FN3O3. The number of fused-ring (bicyclic) bond motifs is 3. The van der Waals surface area contributed by atoms with Gasteiger partial charge in [-0.25, -0.2) is 4.68 Å². The quantitative estimate of drug-likeness (QED) is 0.235. The van der Waals surface area contributed by atoms with Gasteiger partial charge in [0.15, 0.2) is 12.5 Å². The molecule has 3 heterocycles. The van der Waals surface area contributed by atoms with Gasteiger partial charge in [-0.05, 0) is 111 Å². The number of anilines is 1. The lowest BCUT2D eigenvalue weighted by molar-refractivity contribution is -0.141. The van der Waals surface area contributed by atoms with Crippen molar-refractivity contribution in [1.29, 1.82) is 0 Å². The van der Waals surface area contributed by atoms with Gasteiger partial charge in [0.2, 0.25) is 5.95 Å². The van der Waals surface area contributed by atoms with Crippen LogP contribution in [0.4, 0.5) is 10.1 Å². The van der Waals surface area contributed by atoms with E-state index in [1.165, 1.54) is 28.0 Å². The van der Waals surface area contributed by atoms with Crippen LogP contribution < -0.4 is 4.90 Å². The van der Waals surface area contributed by atoms with Gasteiger partial charge in [0.1, 0.15) is 0 Å². The Morgan fingerprint density at radius 1 is 0.953 bits per heavy atom. The fraction of sp³-hybridized carbons (Fsp3) is 0.583. The maximum Gasteiger partial charge on any atom is 0.240 e. The molecule has 1 unspecified atom stereocenters. The summed E-state index contributed by atoms with van der Waals surface area (Å²) >= 11 is 0. The third kappa shape index (κ3) is 6.27. The van der Waals surface area contributed by atoms with Crippen LogP contribution in [0.1, 0.15) is 94.6 Å². The van der Waals surface area contributed by atoms with Crippen molar-refractivity contribution in [3.63, 3.8) is 0 Å². The molecule has 0 radical (unpaired) electrons. The molecule has 0 amide bonds. The lowest BCUT2D eigenvalue weighted by atomic mass is 9.87. The lowest BCUT2D eigenvalue weighted by Gasteiger charge is -2.36. The second-order valence-corrected chi connectivity index (χ2v) is 13.0. The molecule has 2 saturated heterocycles. The molecule has 0 N–H and O–H groups in total. The molecule has 0 bridgehead atoms. The standard InChI is InChI=1S/C36H48FN3O3/c1-24(2)11-12-25-8-7-9-29-30(17-18-31-34(29)35(37)38-40(31)32-10-5-6-23-43-32)33(25)26-13-15-28(16-14-26)39-21-19-27(20-22-39)36(41-3)42-4/h13-18,24,27,32,36H,5-12,19-23H2,1-4H3. The Kier molecular flexibility index (Phi) is 9.51. The Bertz CT molecular complexity index is 1410. The first kappa shape index (κ1) is 30.3. The van der Waals surface area contributed by atoms with Crippen LogP contribution in [-0.4, -0.2) is 50.0 Å². The van der Waals surface area contributed by atoms with Gasteiger partial charge in [-0.15, -0.1) is 5.10 Å². The van der Waals surface area contributed by atoms with Gasteiger partial charge in [-0.2, -0.15) is 4.39 Å². The summed E-state index contributed by atoms with van der Waals surface area (Å²) in [5, 5.41) is 5.09. The molecule has 3 aliphatic rings. The van der Waals surface area contributed by atoms with E-state index < -0.39 is 0 Å². The zero-order valence-electron chi connectivity index (χ0n) is 26.4. The number of hydrogen-bond acceptors (Lipinski definition) is 5. The highest BCUT2D eigenvalue weighted by Gasteiger charge is 2.29. The molecule has 3 aromatic rings. The van der Waals surface area contributed by atoms with Gasteiger partial charge in [0.25, 0.3) is 0 Å². The number of rotatable bonds is 9. The zero-order valence-corrected chi connectivity index (χ0v) is 26.4. The largest absolute Gasteiger partial charge is 0.372 e. The smallest absolute Gasteiger partial charge is 0.240 e. The van der Waals surface area contributed by atoms with Gasteiger partial charge >= 0.3 is 0 Å². The number of benzene rings is 2. The summed E-state index contributed by atoms with van der Waals surface area (Å²) in [5.74, 6) is 0.688. The van der Waals surface area contributed by atoms with E-state index >= 15 is 4.39 Å². The molecule has 7 heteroatoms. The molecular weight excluding hydrogens is 541 g/mol. The third-order valence-electron chi connectivity index (χ3n) is 9.83. The maximum absolute atomic E-state index is 15.7. The van der Waals surface area contributed by atoms with Crippen molar-refractivity contribution in [3.8, 4) is 0 Å². The minimum atomic E-state index is -0.367. The number of aryl methyl sites for hydroxylation is 1. The van der Waals surface area contributed by atoms with E-state index in [1.54, 1.807) is 18.9 Å². The summed E-state index contributed by atoms with van der Waals surface area (Å²) in [6.07, 6.45) is 9.92. The number of methoxy groups -OCH3 is 2. The topological polar surface area (TPSA) is 48.8 Å². The summed E-state index contributed by atoms with van der Waals surface area (Å²) in [7, 11) is 3.46. The lowest BCUT2D eigenvalue weighted by Crippen LogP contribution is -2.39. The molecule has 2 aromatic carbocycles. The summed E-state index contributed by atoms with van der Waals surface area (Å²) in [6, 6.07) is 13.4. The number of aromatic nitrogens is 2. The summed E-state index contributed by atoms with van der Waals surface area (Å²) in [5.41, 5.74) is 8.40. The Labute approximate surface area is 256 Å². The van der Waals surface area contributed by atoms with Crippen LogP contribution in [0.5, 0.6) is 0 Å². The average Bonchev–Trinajstić information content (AvgIpc) is 3.26. The number of nitrogens with zero attached hydrogens (tertiary/aromatic N) is 3. The van der Waals surface area contributed by atoms with Crippen LogP contribution in [-0.2, 0) is 20.6 Å². The first-order valence-electron chi connectivity index (χ1n) is 16.4. The Morgan fingerprint density at radius 2 is 1.72 bits per heavy atom. The van der Waals surface area contributed by atoms with Gasteiger partial charge in [-0.3, -0.25) is 0 Å². The molecule has 2 aliphatic heterocycles. The summed E-state index contributed by atoms with van der Waals surface area (Å²) < 4.78 is 34.6. The fourth-order valence-corrected chi connectivity index (χ4v) is 7.50. The van der Waals surface area contributed by atoms with E-state index in [0.717, 1.165) is 88.4 Å². The first-order chi connectivity index (χ1) is 21.0. The molecule has 0 saturated carbocycles. The molecule has 1 aliphatic carbocycles. The van der Waals surface area contributed by atoms with Crippen LogP contribution in [0.15, 0.2) is 42.0 Å². The van der Waals surface area contributed by atoms with E-state index in [1.807, 2.05) is 0 Å². The molecule has 1 aromatic heterocycles. The highest BCUT2D eigenvalue weighted by molar-refractivity contribution is 5.93. The normalized spacial score (nSPS) is 20.3. The number of piperidine rings is 1. The molecule has 0 spiro atoms. The average molecular weight is 590 g/mol. The molecule has 1 atom stereocenters. The van der Waals surface area contributed by atoms with Crippen LogP contribution in [0.25, 0.3) is 16.5 Å². The van der Waals surface area contributed by atoms with Crippen molar-refractivity contribution < 1.29 is 18.6 Å². The maximum atomic E-state index is 15.7. The van der Waals surface area contributed by atoms with Crippen LogP contribution in [0.3, 0.4) is 0 Å². The predicted octanol–water partition coefficient (Wildman–Crippen LogP) is 8.28. The summed E-state index contributed by atoms with van der Waals surface area (Å²) in [4.78, 5) is 2.47. The number of halogens is 1. The molecule has 6 rings (SSSR count). The summed E-state index contributed by atoms with van der Waals surface area (Å²) in [6.45, 7) is 7.28. The second-order valence-electron chi connectivity index (χ2n) is 13.0. The Balaban J connectivity index is 1.35.